The van der Waals surface area contributed by atoms with Crippen LogP contribution in [0, 0.1) is 10.1 Å². The quantitative estimate of drug-likeness (QED) is 0.462. The molecule has 0 saturated carbocycles. The summed E-state index contributed by atoms with van der Waals surface area (Å²) >= 11 is 5.46. The molecular weight excluding hydrogens is 232 g/mol. The number of hydrogen-bond acceptors (Lipinski definition) is 3. The Bertz CT molecular complexity index is 392. The van der Waals surface area contributed by atoms with E-state index in [1.54, 1.807) is 7.05 Å². The number of carbonyl (C=O) groups is 1. The molecule has 1 aromatic rings. The lowest BCUT2D eigenvalue weighted by Crippen LogP contribution is -2.26. The van der Waals surface area contributed by atoms with Gasteiger partial charge < -0.3 is 4.90 Å². The zero-order chi connectivity index (χ0) is 12.1. The van der Waals surface area contributed by atoms with Crippen molar-refractivity contribution in [1.29, 1.82) is 0 Å². The first kappa shape index (κ1) is 12.4. The molecule has 0 N–H and O–H groups in total. The van der Waals surface area contributed by atoms with Gasteiger partial charge in [-0.1, -0.05) is 0 Å². The molecule has 0 heterocycles. The molecule has 1 amide bonds. The summed E-state index contributed by atoms with van der Waals surface area (Å²) in [6.45, 7) is 0. The van der Waals surface area contributed by atoms with Gasteiger partial charge in [0.2, 0.25) is 5.91 Å². The molecule has 0 spiro atoms. The summed E-state index contributed by atoms with van der Waals surface area (Å²) in [6, 6.07) is 5.79. The standard InChI is InChI=1S/C10H11ClN2O3/c1-12(10(14)6-7-11)8-2-4-9(5-3-8)13(15)16/h2-5H,6-7H2,1H3. The van der Waals surface area contributed by atoms with Gasteiger partial charge in [-0.3, -0.25) is 14.9 Å². The highest BCUT2D eigenvalue weighted by molar-refractivity contribution is 6.19. The first-order valence-corrected chi connectivity index (χ1v) is 5.16. The number of non-ortho nitro benzene ring substituents is 1. The smallest absolute Gasteiger partial charge is 0.269 e. The SMILES string of the molecule is CN(C(=O)CCCl)c1ccc([N+](=O)[O-])cc1. The Morgan fingerprint density at radius 1 is 1.44 bits per heavy atom. The highest BCUT2D eigenvalue weighted by Gasteiger charge is 2.11. The van der Waals surface area contributed by atoms with E-state index in [4.69, 9.17) is 11.6 Å². The van der Waals surface area contributed by atoms with E-state index in [0.29, 0.717) is 5.69 Å². The number of nitro benzene ring substituents is 1. The van der Waals surface area contributed by atoms with Crippen molar-refractivity contribution in [3.8, 4) is 0 Å². The predicted molar refractivity (Wildman–Crippen MR) is 61.8 cm³/mol. The highest BCUT2D eigenvalue weighted by Crippen LogP contribution is 2.18. The normalized spacial score (nSPS) is 9.88. The zero-order valence-corrected chi connectivity index (χ0v) is 9.48. The fourth-order valence-electron chi connectivity index (χ4n) is 1.19. The molecule has 0 saturated heterocycles. The van der Waals surface area contributed by atoms with Crippen molar-refractivity contribution >= 4 is 28.9 Å². The largest absolute Gasteiger partial charge is 0.315 e. The minimum absolute atomic E-state index is 0.00180. The summed E-state index contributed by atoms with van der Waals surface area (Å²) in [4.78, 5) is 22.8. The summed E-state index contributed by atoms with van der Waals surface area (Å²) in [6.07, 6.45) is 0.245. The van der Waals surface area contributed by atoms with Gasteiger partial charge in [-0.2, -0.15) is 0 Å². The third kappa shape index (κ3) is 2.93. The van der Waals surface area contributed by atoms with Crippen molar-refractivity contribution in [1.82, 2.24) is 0 Å². The summed E-state index contributed by atoms with van der Waals surface area (Å²) in [7, 11) is 1.61. The Balaban J connectivity index is 2.81. The van der Waals surface area contributed by atoms with Crippen molar-refractivity contribution in [2.24, 2.45) is 0 Å². The van der Waals surface area contributed by atoms with Crippen LogP contribution in [0.25, 0.3) is 0 Å². The van der Waals surface area contributed by atoms with Crippen LogP contribution in [0.4, 0.5) is 11.4 Å². The lowest BCUT2D eigenvalue weighted by Gasteiger charge is -2.16. The Labute approximate surface area is 97.8 Å². The molecule has 0 aliphatic heterocycles. The fraction of sp³-hybridized carbons (Fsp3) is 0.300. The van der Waals surface area contributed by atoms with Crippen molar-refractivity contribution in [2.75, 3.05) is 17.8 Å². The minimum Gasteiger partial charge on any atom is -0.315 e. The number of alkyl halides is 1. The minimum atomic E-state index is -0.482. The van der Waals surface area contributed by atoms with Crippen LogP contribution < -0.4 is 4.90 Å². The van der Waals surface area contributed by atoms with Crippen LogP contribution in [-0.4, -0.2) is 23.8 Å². The molecule has 16 heavy (non-hydrogen) atoms. The van der Waals surface area contributed by atoms with Crippen molar-refractivity contribution in [2.45, 2.75) is 6.42 Å². The molecule has 0 aromatic heterocycles. The number of halogens is 1. The van der Waals surface area contributed by atoms with E-state index in [9.17, 15) is 14.9 Å². The molecule has 1 aromatic carbocycles. The first-order valence-electron chi connectivity index (χ1n) is 4.63. The fourth-order valence-corrected chi connectivity index (χ4v) is 1.35. The average Bonchev–Trinajstić information content (AvgIpc) is 2.28. The van der Waals surface area contributed by atoms with Crippen LogP contribution in [0.15, 0.2) is 24.3 Å². The third-order valence-electron chi connectivity index (χ3n) is 2.13. The molecule has 5 nitrogen and oxygen atoms in total. The van der Waals surface area contributed by atoms with Crippen molar-refractivity contribution in [3.05, 3.63) is 34.4 Å². The van der Waals surface area contributed by atoms with Gasteiger partial charge in [0.1, 0.15) is 0 Å². The Kier molecular flexibility index (Phi) is 4.25. The lowest BCUT2D eigenvalue weighted by atomic mass is 10.2. The van der Waals surface area contributed by atoms with E-state index in [0.717, 1.165) is 0 Å². The average molecular weight is 243 g/mol. The number of anilines is 1. The van der Waals surface area contributed by atoms with E-state index >= 15 is 0 Å². The monoisotopic (exact) mass is 242 g/mol. The third-order valence-corrected chi connectivity index (χ3v) is 2.32. The molecule has 6 heteroatoms. The molecule has 86 valence electrons. The van der Waals surface area contributed by atoms with Gasteiger partial charge in [0.25, 0.3) is 5.69 Å². The summed E-state index contributed by atoms with van der Waals surface area (Å²) in [5, 5.41) is 10.4. The molecule has 0 aliphatic carbocycles. The molecule has 0 unspecified atom stereocenters. The summed E-state index contributed by atoms with van der Waals surface area (Å²) < 4.78 is 0. The highest BCUT2D eigenvalue weighted by atomic mass is 35.5. The zero-order valence-electron chi connectivity index (χ0n) is 8.72. The number of nitrogens with zero attached hydrogens (tertiary/aromatic N) is 2. The van der Waals surface area contributed by atoms with Crippen LogP contribution in [-0.2, 0) is 4.79 Å². The number of rotatable bonds is 4. The van der Waals surface area contributed by atoms with Crippen molar-refractivity contribution in [3.63, 3.8) is 0 Å². The van der Waals surface area contributed by atoms with Gasteiger partial charge in [0, 0.05) is 37.2 Å². The van der Waals surface area contributed by atoms with Gasteiger partial charge in [-0.15, -0.1) is 11.6 Å². The summed E-state index contributed by atoms with van der Waals surface area (Å²) in [5.41, 5.74) is 0.614. The number of amides is 1. The molecule has 0 radical (unpaired) electrons. The van der Waals surface area contributed by atoms with Crippen molar-refractivity contribution < 1.29 is 9.72 Å². The van der Waals surface area contributed by atoms with Crippen LogP contribution in [0.5, 0.6) is 0 Å². The maximum Gasteiger partial charge on any atom is 0.269 e. The number of nitro groups is 1. The first-order chi connectivity index (χ1) is 7.56. The topological polar surface area (TPSA) is 63.5 Å². The van der Waals surface area contributed by atoms with E-state index in [2.05, 4.69) is 0 Å². The van der Waals surface area contributed by atoms with E-state index in [1.165, 1.54) is 29.2 Å². The number of hydrogen-bond donors (Lipinski definition) is 0. The van der Waals surface area contributed by atoms with Gasteiger partial charge in [0.05, 0.1) is 4.92 Å². The molecule has 0 bridgehead atoms. The van der Waals surface area contributed by atoms with Gasteiger partial charge in [-0.25, -0.2) is 0 Å². The maximum atomic E-state index is 11.5. The number of carbonyl (C=O) groups excluding carboxylic acids is 1. The Hall–Kier alpha value is -1.62. The maximum absolute atomic E-state index is 11.5. The lowest BCUT2D eigenvalue weighted by molar-refractivity contribution is -0.384. The van der Waals surface area contributed by atoms with E-state index in [-0.39, 0.29) is 23.9 Å². The predicted octanol–water partition coefficient (Wildman–Crippen LogP) is 2.19. The molecule has 1 rings (SSSR count). The summed E-state index contributed by atoms with van der Waals surface area (Å²) in [5.74, 6) is 0.139. The van der Waals surface area contributed by atoms with Crippen LogP contribution in [0.3, 0.4) is 0 Å². The Morgan fingerprint density at radius 2 is 2.00 bits per heavy atom. The number of benzene rings is 1. The van der Waals surface area contributed by atoms with Crippen LogP contribution in [0.1, 0.15) is 6.42 Å². The van der Waals surface area contributed by atoms with E-state index < -0.39 is 4.92 Å². The molecule has 0 fully saturated rings. The molecular formula is C10H11ClN2O3. The Morgan fingerprint density at radius 3 is 2.44 bits per heavy atom. The van der Waals surface area contributed by atoms with Gasteiger partial charge >= 0.3 is 0 Å². The molecule has 0 atom stereocenters. The second kappa shape index (κ2) is 5.46. The molecule has 0 aliphatic rings. The van der Waals surface area contributed by atoms with Crippen LogP contribution in [0.2, 0.25) is 0 Å². The second-order valence-corrected chi connectivity index (χ2v) is 3.54. The van der Waals surface area contributed by atoms with Gasteiger partial charge in [0.15, 0.2) is 0 Å². The van der Waals surface area contributed by atoms with Crippen LogP contribution >= 0.6 is 11.6 Å². The van der Waals surface area contributed by atoms with Gasteiger partial charge in [-0.05, 0) is 12.1 Å². The second-order valence-electron chi connectivity index (χ2n) is 3.17. The van der Waals surface area contributed by atoms with E-state index in [1.807, 2.05) is 0 Å².